The van der Waals surface area contributed by atoms with Gasteiger partial charge in [0.25, 0.3) is 0 Å². The van der Waals surface area contributed by atoms with Gasteiger partial charge in [-0.15, -0.1) is 0 Å². The first-order valence-electron chi connectivity index (χ1n) is 3.41. The summed E-state index contributed by atoms with van der Waals surface area (Å²) in [4.78, 5) is 10.7. The second-order valence-electron chi connectivity index (χ2n) is 2.87. The van der Waals surface area contributed by atoms with E-state index >= 15 is 0 Å². The van der Waals surface area contributed by atoms with Crippen LogP contribution in [0.15, 0.2) is 12.7 Å². The van der Waals surface area contributed by atoms with Crippen molar-refractivity contribution < 1.29 is 14.6 Å². The van der Waals surface area contributed by atoms with Crippen LogP contribution in [0.2, 0.25) is 0 Å². The highest BCUT2D eigenvalue weighted by molar-refractivity contribution is 5.74. The molecule has 0 aliphatic carbocycles. The highest BCUT2D eigenvalue weighted by Gasteiger charge is 2.22. The Labute approximate surface area is 66.7 Å². The third-order valence-corrected chi connectivity index (χ3v) is 1.19. The maximum absolute atomic E-state index is 10.7. The zero-order valence-corrected chi connectivity index (χ0v) is 7.09. The molecule has 0 aliphatic heterocycles. The lowest BCUT2D eigenvalue weighted by Gasteiger charge is -2.20. The molecule has 1 atom stereocenters. The summed E-state index contributed by atoms with van der Waals surface area (Å²) in [6.07, 6.45) is 0.155. The van der Waals surface area contributed by atoms with Gasteiger partial charge in [-0.25, -0.2) is 9.90 Å². The molecule has 3 heteroatoms. The first kappa shape index (κ1) is 10.2. The van der Waals surface area contributed by atoms with E-state index in [2.05, 4.69) is 6.58 Å². The summed E-state index contributed by atoms with van der Waals surface area (Å²) in [6, 6.07) is 0. The van der Waals surface area contributed by atoms with E-state index in [1.54, 1.807) is 13.8 Å². The number of hydrogen-bond acceptors (Lipinski definition) is 2. The number of carbonyl (C=O) groups excluding carboxylic acids is 1. The summed E-state index contributed by atoms with van der Waals surface area (Å²) in [5.74, 6) is -0.741. The van der Waals surface area contributed by atoms with E-state index in [1.165, 1.54) is 13.0 Å². The van der Waals surface area contributed by atoms with Gasteiger partial charge in [0.15, 0.2) is 6.10 Å². The Bertz CT molecular complexity index is 159. The van der Waals surface area contributed by atoms with Crippen LogP contribution in [0.4, 0.5) is 0 Å². The van der Waals surface area contributed by atoms with Crippen molar-refractivity contribution in [3.8, 4) is 0 Å². The van der Waals surface area contributed by atoms with Crippen LogP contribution in [-0.2, 0) is 14.6 Å². The SMILES string of the molecule is C=CC(C)(C)OC(=O)C(C)[O]. The predicted molar refractivity (Wildman–Crippen MR) is 40.5 cm³/mol. The summed E-state index contributed by atoms with van der Waals surface area (Å²) >= 11 is 0. The Morgan fingerprint density at radius 1 is 1.64 bits per heavy atom. The van der Waals surface area contributed by atoms with Crippen LogP contribution in [-0.4, -0.2) is 17.7 Å². The molecule has 0 aromatic carbocycles. The Morgan fingerprint density at radius 3 is 2.36 bits per heavy atom. The van der Waals surface area contributed by atoms with Crippen LogP contribution in [0.3, 0.4) is 0 Å². The summed E-state index contributed by atoms with van der Waals surface area (Å²) in [6.45, 7) is 8.05. The minimum atomic E-state index is -1.32. The molecule has 0 fully saturated rings. The summed E-state index contributed by atoms with van der Waals surface area (Å²) in [5, 5.41) is 10.5. The smallest absolute Gasteiger partial charge is 0.339 e. The molecule has 0 rings (SSSR count). The number of ether oxygens (including phenoxy) is 1. The highest BCUT2D eigenvalue weighted by Crippen LogP contribution is 2.10. The summed E-state index contributed by atoms with van der Waals surface area (Å²) in [7, 11) is 0. The molecule has 63 valence electrons. The maximum atomic E-state index is 10.7. The predicted octanol–water partition coefficient (Wildman–Crippen LogP) is 1.31. The van der Waals surface area contributed by atoms with E-state index in [-0.39, 0.29) is 0 Å². The van der Waals surface area contributed by atoms with Gasteiger partial charge in [0.2, 0.25) is 0 Å². The zero-order valence-electron chi connectivity index (χ0n) is 7.09. The third-order valence-electron chi connectivity index (χ3n) is 1.19. The number of esters is 1. The molecule has 1 unspecified atom stereocenters. The van der Waals surface area contributed by atoms with E-state index in [0.29, 0.717) is 0 Å². The molecule has 0 saturated heterocycles. The molecule has 0 N–H and O–H groups in total. The average molecular weight is 157 g/mol. The van der Waals surface area contributed by atoms with Crippen molar-refractivity contribution in [3.63, 3.8) is 0 Å². The van der Waals surface area contributed by atoms with Crippen LogP contribution in [0, 0.1) is 0 Å². The van der Waals surface area contributed by atoms with Crippen LogP contribution in [0.25, 0.3) is 0 Å². The van der Waals surface area contributed by atoms with Crippen molar-refractivity contribution in [2.75, 3.05) is 0 Å². The quantitative estimate of drug-likeness (QED) is 0.458. The van der Waals surface area contributed by atoms with E-state index in [4.69, 9.17) is 4.74 Å². The van der Waals surface area contributed by atoms with Gasteiger partial charge in [0.05, 0.1) is 0 Å². The molecule has 0 amide bonds. The molecule has 0 saturated carbocycles. The van der Waals surface area contributed by atoms with Gasteiger partial charge in [-0.2, -0.15) is 0 Å². The first-order chi connectivity index (χ1) is 4.89. The van der Waals surface area contributed by atoms with Gasteiger partial charge in [-0.3, -0.25) is 0 Å². The normalized spacial score (nSPS) is 13.8. The third kappa shape index (κ3) is 3.78. The Kier molecular flexibility index (Phi) is 3.26. The molecule has 11 heavy (non-hydrogen) atoms. The molecule has 0 bridgehead atoms. The topological polar surface area (TPSA) is 46.2 Å². The Hall–Kier alpha value is -0.830. The van der Waals surface area contributed by atoms with E-state index in [9.17, 15) is 9.90 Å². The fraction of sp³-hybridized carbons (Fsp3) is 0.625. The molecule has 1 radical (unpaired) electrons. The van der Waals surface area contributed by atoms with E-state index in [1.807, 2.05) is 0 Å². The van der Waals surface area contributed by atoms with Crippen molar-refractivity contribution in [2.24, 2.45) is 0 Å². The van der Waals surface area contributed by atoms with Crippen LogP contribution < -0.4 is 0 Å². The Morgan fingerprint density at radius 2 is 2.09 bits per heavy atom. The van der Waals surface area contributed by atoms with Gasteiger partial charge in [-0.1, -0.05) is 6.58 Å². The van der Waals surface area contributed by atoms with E-state index < -0.39 is 17.7 Å². The monoisotopic (exact) mass is 157 g/mol. The number of hydrogen-bond donors (Lipinski definition) is 0. The second-order valence-corrected chi connectivity index (χ2v) is 2.87. The molecule has 0 heterocycles. The van der Waals surface area contributed by atoms with Gasteiger partial charge in [0, 0.05) is 0 Å². The summed E-state index contributed by atoms with van der Waals surface area (Å²) in [5.41, 5.74) is -0.740. The van der Waals surface area contributed by atoms with Gasteiger partial charge >= 0.3 is 5.97 Å². The second kappa shape index (κ2) is 3.53. The Balaban J connectivity index is 4.04. The van der Waals surface area contributed by atoms with E-state index in [0.717, 1.165) is 0 Å². The minimum absolute atomic E-state index is 0.740. The van der Waals surface area contributed by atoms with Crippen molar-refractivity contribution >= 4 is 5.97 Å². The lowest BCUT2D eigenvalue weighted by atomic mass is 10.1. The standard InChI is InChI=1S/C8H13O3/c1-5-8(3,4)11-7(10)6(2)9/h5-6H,1H2,2-4H3. The molecule has 0 aliphatic rings. The lowest BCUT2D eigenvalue weighted by molar-refractivity contribution is -0.165. The van der Waals surface area contributed by atoms with Crippen LogP contribution >= 0.6 is 0 Å². The van der Waals surface area contributed by atoms with Crippen LogP contribution in [0.1, 0.15) is 20.8 Å². The summed E-state index contributed by atoms with van der Waals surface area (Å²) < 4.78 is 4.78. The van der Waals surface area contributed by atoms with Gasteiger partial charge in [0.1, 0.15) is 5.60 Å². The minimum Gasteiger partial charge on any atom is -0.453 e. The van der Waals surface area contributed by atoms with Crippen molar-refractivity contribution in [1.29, 1.82) is 0 Å². The lowest BCUT2D eigenvalue weighted by Crippen LogP contribution is -2.30. The molecule has 0 spiro atoms. The fourth-order valence-corrected chi connectivity index (χ4v) is 0.384. The molecule has 3 nitrogen and oxygen atoms in total. The van der Waals surface area contributed by atoms with Gasteiger partial charge < -0.3 is 4.74 Å². The first-order valence-corrected chi connectivity index (χ1v) is 3.41. The number of rotatable bonds is 3. The van der Waals surface area contributed by atoms with Crippen LogP contribution in [0.5, 0.6) is 0 Å². The van der Waals surface area contributed by atoms with Gasteiger partial charge in [-0.05, 0) is 26.8 Å². The van der Waals surface area contributed by atoms with Crippen molar-refractivity contribution in [3.05, 3.63) is 12.7 Å². The largest absolute Gasteiger partial charge is 0.453 e. The average Bonchev–Trinajstić information content (AvgIpc) is 1.87. The fourth-order valence-electron chi connectivity index (χ4n) is 0.384. The molecular weight excluding hydrogens is 144 g/mol. The van der Waals surface area contributed by atoms with Crippen molar-refractivity contribution in [2.45, 2.75) is 32.5 Å². The highest BCUT2D eigenvalue weighted by atomic mass is 16.6. The number of carbonyl (C=O) groups is 1. The maximum Gasteiger partial charge on any atom is 0.339 e. The van der Waals surface area contributed by atoms with Crippen molar-refractivity contribution in [1.82, 2.24) is 0 Å². The molecular formula is C8H13O3. The molecule has 0 aromatic rings. The zero-order chi connectivity index (χ0) is 9.07. The molecule has 0 aromatic heterocycles.